The fourth-order valence-corrected chi connectivity index (χ4v) is 6.96. The quantitative estimate of drug-likeness (QED) is 0.526. The summed E-state index contributed by atoms with van der Waals surface area (Å²) in [6.45, 7) is 2.77. The van der Waals surface area contributed by atoms with Crippen molar-refractivity contribution in [3.63, 3.8) is 0 Å². The molecule has 0 bridgehead atoms. The molecule has 0 aromatic carbocycles. The summed E-state index contributed by atoms with van der Waals surface area (Å²) >= 11 is 0. The van der Waals surface area contributed by atoms with Crippen molar-refractivity contribution in [3.05, 3.63) is 0 Å². The summed E-state index contributed by atoms with van der Waals surface area (Å²) in [6, 6.07) is 0. The standard InChI is InChI=1S/C24H44O/c1-2-7-19-8-3-11-21(16-19)23-13-5-14-24(18-23)22-12-4-9-20(17-22)10-6-15-25/h19-25H,2-18H2,1H3. The first-order valence-electron chi connectivity index (χ1n) is 11.9. The molecule has 1 heteroatoms. The van der Waals surface area contributed by atoms with E-state index >= 15 is 0 Å². The molecule has 3 saturated carbocycles. The maximum absolute atomic E-state index is 9.15. The Bertz CT molecular complexity index is 363. The van der Waals surface area contributed by atoms with Crippen LogP contribution in [0.1, 0.15) is 110 Å². The van der Waals surface area contributed by atoms with Crippen LogP contribution < -0.4 is 0 Å². The van der Waals surface area contributed by atoms with Gasteiger partial charge in [0.25, 0.3) is 0 Å². The number of hydrogen-bond donors (Lipinski definition) is 1. The third-order valence-corrected chi connectivity index (χ3v) is 8.20. The van der Waals surface area contributed by atoms with Gasteiger partial charge in [-0.15, -0.1) is 0 Å². The molecule has 0 saturated heterocycles. The van der Waals surface area contributed by atoms with E-state index in [-0.39, 0.29) is 0 Å². The van der Waals surface area contributed by atoms with E-state index in [9.17, 15) is 0 Å². The summed E-state index contributed by atoms with van der Waals surface area (Å²) in [5.41, 5.74) is 0. The van der Waals surface area contributed by atoms with Crippen molar-refractivity contribution >= 4 is 0 Å². The average molecular weight is 349 g/mol. The Morgan fingerprint density at radius 1 is 0.640 bits per heavy atom. The van der Waals surface area contributed by atoms with E-state index in [4.69, 9.17) is 5.11 Å². The maximum Gasteiger partial charge on any atom is 0.0431 e. The molecule has 146 valence electrons. The summed E-state index contributed by atoms with van der Waals surface area (Å²) in [5, 5.41) is 9.15. The molecule has 0 spiro atoms. The molecule has 0 heterocycles. The van der Waals surface area contributed by atoms with Gasteiger partial charge in [0.05, 0.1) is 0 Å². The highest BCUT2D eigenvalue weighted by molar-refractivity contribution is 4.87. The zero-order valence-electron chi connectivity index (χ0n) is 16.9. The number of aliphatic hydroxyl groups is 1. The van der Waals surface area contributed by atoms with Crippen LogP contribution in [0.4, 0.5) is 0 Å². The average Bonchev–Trinajstić information content (AvgIpc) is 2.67. The van der Waals surface area contributed by atoms with Crippen LogP contribution >= 0.6 is 0 Å². The second-order valence-corrected chi connectivity index (χ2v) is 9.93. The van der Waals surface area contributed by atoms with Gasteiger partial charge in [-0.2, -0.15) is 0 Å². The highest BCUT2D eigenvalue weighted by atomic mass is 16.2. The summed E-state index contributed by atoms with van der Waals surface area (Å²) in [5.74, 6) is 6.19. The molecule has 0 aliphatic heterocycles. The van der Waals surface area contributed by atoms with Crippen molar-refractivity contribution in [2.45, 2.75) is 110 Å². The maximum atomic E-state index is 9.15. The van der Waals surface area contributed by atoms with Crippen LogP contribution in [-0.2, 0) is 0 Å². The Labute approximate surface area is 157 Å². The molecule has 6 unspecified atom stereocenters. The Morgan fingerprint density at radius 3 is 1.64 bits per heavy atom. The molecule has 3 rings (SSSR count). The third kappa shape index (κ3) is 5.72. The van der Waals surface area contributed by atoms with E-state index in [1.165, 1.54) is 70.6 Å². The smallest absolute Gasteiger partial charge is 0.0431 e. The first-order chi connectivity index (χ1) is 12.3. The lowest BCUT2D eigenvalue weighted by Gasteiger charge is -2.43. The number of hydrogen-bond acceptors (Lipinski definition) is 1. The Kier molecular flexibility index (Phi) is 8.15. The zero-order chi connectivity index (χ0) is 17.5. The molecular weight excluding hydrogens is 304 g/mol. The minimum absolute atomic E-state index is 0.396. The molecule has 0 amide bonds. The van der Waals surface area contributed by atoms with Gasteiger partial charge in [0, 0.05) is 6.61 Å². The summed E-state index contributed by atoms with van der Waals surface area (Å²) < 4.78 is 0. The van der Waals surface area contributed by atoms with Crippen LogP contribution in [0.3, 0.4) is 0 Å². The number of rotatable bonds is 7. The molecule has 1 nitrogen and oxygen atoms in total. The molecule has 3 fully saturated rings. The fraction of sp³-hybridized carbons (Fsp3) is 1.00. The predicted molar refractivity (Wildman–Crippen MR) is 108 cm³/mol. The Balaban J connectivity index is 1.50. The van der Waals surface area contributed by atoms with Gasteiger partial charge in [-0.05, 0) is 67.6 Å². The van der Waals surface area contributed by atoms with E-state index in [1.807, 2.05) is 0 Å². The summed E-state index contributed by atoms with van der Waals surface area (Å²) in [7, 11) is 0. The monoisotopic (exact) mass is 348 g/mol. The lowest BCUT2D eigenvalue weighted by Crippen LogP contribution is -2.32. The van der Waals surface area contributed by atoms with Crippen molar-refractivity contribution in [1.29, 1.82) is 0 Å². The van der Waals surface area contributed by atoms with Crippen molar-refractivity contribution in [2.75, 3.05) is 6.61 Å². The molecule has 0 radical (unpaired) electrons. The molecule has 0 aromatic heterocycles. The van der Waals surface area contributed by atoms with Crippen molar-refractivity contribution < 1.29 is 5.11 Å². The number of aliphatic hydroxyl groups excluding tert-OH is 1. The van der Waals surface area contributed by atoms with Crippen LogP contribution in [0.2, 0.25) is 0 Å². The third-order valence-electron chi connectivity index (χ3n) is 8.20. The van der Waals surface area contributed by atoms with E-state index < -0.39 is 0 Å². The second-order valence-electron chi connectivity index (χ2n) is 9.93. The van der Waals surface area contributed by atoms with Gasteiger partial charge < -0.3 is 5.11 Å². The van der Waals surface area contributed by atoms with E-state index in [0.717, 1.165) is 41.9 Å². The van der Waals surface area contributed by atoms with Crippen LogP contribution in [0.15, 0.2) is 0 Å². The SMILES string of the molecule is CCCC1CCCC(C2CCCC(C3CCCC(CCCO)C3)C2)C1. The zero-order valence-corrected chi connectivity index (χ0v) is 16.9. The van der Waals surface area contributed by atoms with Crippen LogP contribution in [0.25, 0.3) is 0 Å². The predicted octanol–water partition coefficient (Wildman–Crippen LogP) is 6.98. The van der Waals surface area contributed by atoms with Gasteiger partial charge in [0.1, 0.15) is 0 Å². The highest BCUT2D eigenvalue weighted by Gasteiger charge is 2.36. The molecule has 6 atom stereocenters. The molecular formula is C24H44O. The lowest BCUT2D eigenvalue weighted by molar-refractivity contribution is 0.0830. The van der Waals surface area contributed by atoms with Crippen LogP contribution in [-0.4, -0.2) is 11.7 Å². The Hall–Kier alpha value is -0.0400. The minimum Gasteiger partial charge on any atom is -0.396 e. The second kappa shape index (κ2) is 10.3. The van der Waals surface area contributed by atoms with Crippen molar-refractivity contribution in [3.8, 4) is 0 Å². The molecule has 1 N–H and O–H groups in total. The van der Waals surface area contributed by atoms with Crippen molar-refractivity contribution in [1.82, 2.24) is 0 Å². The lowest BCUT2D eigenvalue weighted by atomic mass is 9.63. The van der Waals surface area contributed by atoms with Crippen molar-refractivity contribution in [2.24, 2.45) is 35.5 Å². The first kappa shape index (κ1) is 19.7. The molecule has 3 aliphatic rings. The normalized spacial score (nSPS) is 40.1. The van der Waals surface area contributed by atoms with E-state index in [0.29, 0.717) is 6.61 Å². The van der Waals surface area contributed by atoms with Gasteiger partial charge in [-0.25, -0.2) is 0 Å². The fourth-order valence-electron chi connectivity index (χ4n) is 6.96. The summed E-state index contributed by atoms with van der Waals surface area (Å²) in [6.07, 6.45) is 23.4. The largest absolute Gasteiger partial charge is 0.396 e. The first-order valence-corrected chi connectivity index (χ1v) is 11.9. The van der Waals surface area contributed by atoms with Gasteiger partial charge >= 0.3 is 0 Å². The van der Waals surface area contributed by atoms with Crippen LogP contribution in [0.5, 0.6) is 0 Å². The van der Waals surface area contributed by atoms with Crippen LogP contribution in [0, 0.1) is 35.5 Å². The van der Waals surface area contributed by atoms with Gasteiger partial charge in [0.15, 0.2) is 0 Å². The molecule has 0 aromatic rings. The minimum atomic E-state index is 0.396. The Morgan fingerprint density at radius 2 is 1.12 bits per heavy atom. The molecule has 25 heavy (non-hydrogen) atoms. The van der Waals surface area contributed by atoms with Gasteiger partial charge in [0.2, 0.25) is 0 Å². The highest BCUT2D eigenvalue weighted by Crippen LogP contribution is 2.47. The van der Waals surface area contributed by atoms with E-state index in [1.54, 1.807) is 25.7 Å². The molecule has 3 aliphatic carbocycles. The van der Waals surface area contributed by atoms with E-state index in [2.05, 4.69) is 6.92 Å². The van der Waals surface area contributed by atoms with Gasteiger partial charge in [-0.1, -0.05) is 77.6 Å². The summed E-state index contributed by atoms with van der Waals surface area (Å²) in [4.78, 5) is 0. The van der Waals surface area contributed by atoms with Gasteiger partial charge in [-0.3, -0.25) is 0 Å². The topological polar surface area (TPSA) is 20.2 Å².